The Bertz CT molecular complexity index is 849. The second-order valence-corrected chi connectivity index (χ2v) is 8.62. The zero-order valence-electron chi connectivity index (χ0n) is 18.0. The fourth-order valence-corrected chi connectivity index (χ4v) is 4.29. The van der Waals surface area contributed by atoms with Gasteiger partial charge in [-0.15, -0.1) is 11.3 Å². The second kappa shape index (κ2) is 11.5. The predicted molar refractivity (Wildman–Crippen MR) is 121 cm³/mol. The number of aliphatic imine (C=N–C) groups is 1. The summed E-state index contributed by atoms with van der Waals surface area (Å²) in [6.45, 7) is 10.4. The Labute approximate surface area is 187 Å². The van der Waals surface area contributed by atoms with Crippen LogP contribution in [0, 0.1) is 0 Å². The van der Waals surface area contributed by atoms with E-state index < -0.39 is 0 Å². The number of hydrogen-bond donors (Lipinski definition) is 0. The Morgan fingerprint density at radius 3 is 2.52 bits per heavy atom. The lowest BCUT2D eigenvalue weighted by Crippen LogP contribution is -2.39. The molecule has 0 spiro atoms. The van der Waals surface area contributed by atoms with Crippen molar-refractivity contribution in [2.45, 2.75) is 19.9 Å². The molecule has 2 aromatic heterocycles. The van der Waals surface area contributed by atoms with Gasteiger partial charge in [-0.05, 0) is 18.6 Å². The minimum absolute atomic E-state index is 0.343. The number of aryl methyl sites for hydroxylation is 1. The van der Waals surface area contributed by atoms with E-state index >= 15 is 0 Å². The summed E-state index contributed by atoms with van der Waals surface area (Å²) in [5.74, 6) is 1.13. The summed E-state index contributed by atoms with van der Waals surface area (Å²) in [4.78, 5) is 25.2. The van der Waals surface area contributed by atoms with Crippen LogP contribution >= 0.6 is 11.3 Å². The van der Waals surface area contributed by atoms with E-state index in [-0.39, 0.29) is 0 Å². The number of ether oxygens (including phenoxy) is 3. The molecule has 0 bridgehead atoms. The standard InChI is InChI=1S/C21H30N6O3S/c1-2-17-3-4-18(31-17)15-22-16-19-23-20(27-8-12-29-13-9-27)25-21(24-19)30-14-7-26-5-10-28-11-6-26/h3-4,16H,2,5-15H2,1H3. The Kier molecular flexibility index (Phi) is 8.17. The van der Waals surface area contributed by atoms with Crippen LogP contribution in [-0.2, 0) is 22.4 Å². The highest BCUT2D eigenvalue weighted by molar-refractivity contribution is 7.11. The highest BCUT2D eigenvalue weighted by Gasteiger charge is 2.17. The van der Waals surface area contributed by atoms with E-state index in [1.165, 1.54) is 9.75 Å². The first-order valence-corrected chi connectivity index (χ1v) is 11.7. The topological polar surface area (TPSA) is 85.2 Å². The number of hydrogen-bond acceptors (Lipinski definition) is 10. The largest absolute Gasteiger partial charge is 0.462 e. The molecule has 2 fully saturated rings. The molecule has 0 unspecified atom stereocenters. The third-order valence-electron chi connectivity index (χ3n) is 5.18. The number of morpholine rings is 2. The predicted octanol–water partition coefficient (Wildman–Crippen LogP) is 1.66. The molecule has 4 heterocycles. The molecule has 2 aliphatic rings. The average Bonchev–Trinajstić information content (AvgIpc) is 3.28. The normalized spacial score (nSPS) is 18.0. The monoisotopic (exact) mass is 446 g/mol. The summed E-state index contributed by atoms with van der Waals surface area (Å²) in [5.41, 5.74) is 0. The minimum Gasteiger partial charge on any atom is -0.462 e. The van der Waals surface area contributed by atoms with E-state index in [1.54, 1.807) is 17.6 Å². The van der Waals surface area contributed by atoms with Crippen molar-refractivity contribution in [2.75, 3.05) is 70.7 Å². The lowest BCUT2D eigenvalue weighted by atomic mass is 10.4. The van der Waals surface area contributed by atoms with Gasteiger partial charge in [0.25, 0.3) is 0 Å². The molecular formula is C21H30N6O3S. The van der Waals surface area contributed by atoms with Crippen molar-refractivity contribution in [3.05, 3.63) is 27.7 Å². The van der Waals surface area contributed by atoms with E-state index in [4.69, 9.17) is 14.2 Å². The highest BCUT2D eigenvalue weighted by Crippen LogP contribution is 2.18. The number of thiophene rings is 1. The highest BCUT2D eigenvalue weighted by atomic mass is 32.1. The zero-order chi connectivity index (χ0) is 21.3. The molecule has 0 radical (unpaired) electrons. The molecule has 2 aliphatic heterocycles. The lowest BCUT2D eigenvalue weighted by molar-refractivity contribution is 0.0317. The van der Waals surface area contributed by atoms with Crippen LogP contribution in [0.3, 0.4) is 0 Å². The SMILES string of the molecule is CCc1ccc(CN=Cc2nc(OCCN3CCOCC3)nc(N3CCOCC3)n2)s1. The Morgan fingerprint density at radius 2 is 1.77 bits per heavy atom. The molecule has 2 aromatic rings. The summed E-state index contributed by atoms with van der Waals surface area (Å²) in [6, 6.07) is 4.64. The van der Waals surface area contributed by atoms with Crippen molar-refractivity contribution in [3.63, 3.8) is 0 Å². The van der Waals surface area contributed by atoms with Crippen molar-refractivity contribution in [1.82, 2.24) is 19.9 Å². The number of anilines is 1. The molecule has 9 nitrogen and oxygen atoms in total. The van der Waals surface area contributed by atoms with Crippen LogP contribution in [0.25, 0.3) is 0 Å². The maximum atomic E-state index is 5.90. The van der Waals surface area contributed by atoms with Crippen LogP contribution in [0.2, 0.25) is 0 Å². The molecule has 0 saturated carbocycles. The molecule has 0 aromatic carbocycles. The lowest BCUT2D eigenvalue weighted by Gasteiger charge is -2.27. The molecule has 0 amide bonds. The molecule has 4 rings (SSSR count). The third-order valence-corrected chi connectivity index (χ3v) is 6.39. The Morgan fingerprint density at radius 1 is 1.03 bits per heavy atom. The summed E-state index contributed by atoms with van der Waals surface area (Å²) in [5, 5.41) is 0. The van der Waals surface area contributed by atoms with Gasteiger partial charge in [0, 0.05) is 42.5 Å². The Balaban J connectivity index is 1.42. The van der Waals surface area contributed by atoms with E-state index in [1.807, 2.05) is 0 Å². The first-order valence-electron chi connectivity index (χ1n) is 10.9. The van der Waals surface area contributed by atoms with Gasteiger partial charge < -0.3 is 19.1 Å². The first kappa shape index (κ1) is 22.1. The van der Waals surface area contributed by atoms with E-state index in [2.05, 4.69) is 48.8 Å². The van der Waals surface area contributed by atoms with E-state index in [0.29, 0.717) is 44.1 Å². The molecule has 0 aliphatic carbocycles. The molecule has 0 N–H and O–H groups in total. The van der Waals surface area contributed by atoms with Crippen LogP contribution in [-0.4, -0.2) is 91.8 Å². The van der Waals surface area contributed by atoms with Crippen LogP contribution in [0.4, 0.5) is 5.95 Å². The van der Waals surface area contributed by atoms with Crippen LogP contribution in [0.5, 0.6) is 6.01 Å². The van der Waals surface area contributed by atoms with E-state index in [9.17, 15) is 0 Å². The average molecular weight is 447 g/mol. The van der Waals surface area contributed by atoms with Crippen LogP contribution in [0.1, 0.15) is 22.5 Å². The van der Waals surface area contributed by atoms with Crippen molar-refractivity contribution < 1.29 is 14.2 Å². The van der Waals surface area contributed by atoms with Gasteiger partial charge in [-0.25, -0.2) is 0 Å². The number of aromatic nitrogens is 3. The maximum Gasteiger partial charge on any atom is 0.321 e. The molecular weight excluding hydrogens is 416 g/mol. The summed E-state index contributed by atoms with van der Waals surface area (Å²) < 4.78 is 16.8. The van der Waals surface area contributed by atoms with E-state index in [0.717, 1.165) is 52.4 Å². The first-order chi connectivity index (χ1) is 15.3. The van der Waals surface area contributed by atoms with Gasteiger partial charge in [0.1, 0.15) is 6.61 Å². The molecule has 0 atom stereocenters. The van der Waals surface area contributed by atoms with Gasteiger partial charge in [-0.1, -0.05) is 6.92 Å². The quantitative estimate of drug-likeness (QED) is 0.538. The fraction of sp³-hybridized carbons (Fsp3) is 0.619. The molecule has 2 saturated heterocycles. The summed E-state index contributed by atoms with van der Waals surface area (Å²) in [6.07, 6.45) is 2.77. The summed E-state index contributed by atoms with van der Waals surface area (Å²) in [7, 11) is 0. The second-order valence-electron chi connectivity index (χ2n) is 7.37. The van der Waals surface area contributed by atoms with Crippen molar-refractivity contribution in [1.29, 1.82) is 0 Å². The van der Waals surface area contributed by atoms with Crippen LogP contribution in [0.15, 0.2) is 17.1 Å². The zero-order valence-corrected chi connectivity index (χ0v) is 18.9. The van der Waals surface area contributed by atoms with Gasteiger partial charge in [0.2, 0.25) is 5.95 Å². The van der Waals surface area contributed by atoms with Gasteiger partial charge in [-0.2, -0.15) is 15.0 Å². The summed E-state index contributed by atoms with van der Waals surface area (Å²) >= 11 is 1.79. The number of rotatable bonds is 9. The molecule has 168 valence electrons. The van der Waals surface area contributed by atoms with Crippen molar-refractivity contribution in [2.24, 2.45) is 4.99 Å². The Hall–Kier alpha value is -2.14. The van der Waals surface area contributed by atoms with Gasteiger partial charge in [-0.3, -0.25) is 9.89 Å². The van der Waals surface area contributed by atoms with Crippen LogP contribution < -0.4 is 9.64 Å². The van der Waals surface area contributed by atoms with Crippen molar-refractivity contribution >= 4 is 23.5 Å². The van der Waals surface area contributed by atoms with Gasteiger partial charge in [0.05, 0.1) is 39.2 Å². The fourth-order valence-electron chi connectivity index (χ4n) is 3.39. The van der Waals surface area contributed by atoms with Crippen molar-refractivity contribution in [3.8, 4) is 6.01 Å². The maximum absolute atomic E-state index is 5.90. The van der Waals surface area contributed by atoms with Gasteiger partial charge >= 0.3 is 6.01 Å². The van der Waals surface area contributed by atoms with Gasteiger partial charge in [0.15, 0.2) is 5.82 Å². The molecule has 31 heavy (non-hydrogen) atoms. The number of nitrogens with zero attached hydrogens (tertiary/aromatic N) is 6. The third kappa shape index (κ3) is 6.67. The molecule has 10 heteroatoms. The minimum atomic E-state index is 0.343. The smallest absolute Gasteiger partial charge is 0.321 e.